The van der Waals surface area contributed by atoms with Crippen LogP contribution in [-0.2, 0) is 4.74 Å². The van der Waals surface area contributed by atoms with Crippen LogP contribution in [0.15, 0.2) is 23.1 Å². The number of nitrogen functional groups attached to an aromatic ring is 1. The minimum absolute atomic E-state index is 0.232. The molecule has 2 N–H and O–H groups in total. The van der Waals surface area contributed by atoms with E-state index < -0.39 is 5.60 Å². The first kappa shape index (κ1) is 16.8. The SMILES string of the molecule is CSc1ccc(N2CCN(C(=O)OC(C)(C)C)CC2)cc1N. The number of hydrogen-bond donors (Lipinski definition) is 1. The van der Waals surface area contributed by atoms with Crippen molar-refractivity contribution in [2.75, 3.05) is 43.1 Å². The zero-order valence-corrected chi connectivity index (χ0v) is 14.6. The summed E-state index contributed by atoms with van der Waals surface area (Å²) in [5.74, 6) is 0. The predicted octanol–water partition coefficient (Wildman–Crippen LogP) is 3.05. The van der Waals surface area contributed by atoms with Gasteiger partial charge in [-0.2, -0.15) is 0 Å². The Morgan fingerprint density at radius 2 is 1.86 bits per heavy atom. The van der Waals surface area contributed by atoms with Crippen LogP contribution in [0.25, 0.3) is 0 Å². The van der Waals surface area contributed by atoms with E-state index >= 15 is 0 Å². The molecule has 1 aromatic carbocycles. The van der Waals surface area contributed by atoms with Gasteiger partial charge in [-0.3, -0.25) is 0 Å². The third-order valence-corrected chi connectivity index (χ3v) is 4.32. The molecule has 1 aliphatic rings. The lowest BCUT2D eigenvalue weighted by atomic mass is 10.2. The molecule has 1 heterocycles. The van der Waals surface area contributed by atoms with Gasteiger partial charge in [0.2, 0.25) is 0 Å². The zero-order chi connectivity index (χ0) is 16.3. The number of benzene rings is 1. The van der Waals surface area contributed by atoms with Crippen LogP contribution >= 0.6 is 11.8 Å². The summed E-state index contributed by atoms with van der Waals surface area (Å²) in [5, 5.41) is 0. The van der Waals surface area contributed by atoms with Crippen molar-refractivity contribution in [1.82, 2.24) is 4.90 Å². The summed E-state index contributed by atoms with van der Waals surface area (Å²) in [7, 11) is 0. The highest BCUT2D eigenvalue weighted by molar-refractivity contribution is 7.98. The summed E-state index contributed by atoms with van der Waals surface area (Å²) < 4.78 is 5.41. The predicted molar refractivity (Wildman–Crippen MR) is 92.7 cm³/mol. The van der Waals surface area contributed by atoms with Crippen molar-refractivity contribution in [3.63, 3.8) is 0 Å². The van der Waals surface area contributed by atoms with Gasteiger partial charge in [0.25, 0.3) is 0 Å². The fourth-order valence-corrected chi connectivity index (χ4v) is 2.89. The van der Waals surface area contributed by atoms with Gasteiger partial charge in [0, 0.05) is 42.4 Å². The Bertz CT molecular complexity index is 535. The molecule has 0 bridgehead atoms. The second-order valence-corrected chi connectivity index (χ2v) is 7.23. The topological polar surface area (TPSA) is 58.8 Å². The highest BCUT2D eigenvalue weighted by Gasteiger charge is 2.26. The van der Waals surface area contributed by atoms with E-state index in [1.165, 1.54) is 0 Å². The molecule has 5 nitrogen and oxygen atoms in total. The highest BCUT2D eigenvalue weighted by atomic mass is 32.2. The maximum absolute atomic E-state index is 12.1. The van der Waals surface area contributed by atoms with Gasteiger partial charge in [0.1, 0.15) is 5.60 Å². The molecule has 22 heavy (non-hydrogen) atoms. The number of nitrogens with zero attached hydrogens (tertiary/aromatic N) is 2. The molecule has 1 saturated heterocycles. The number of hydrogen-bond acceptors (Lipinski definition) is 5. The lowest BCUT2D eigenvalue weighted by molar-refractivity contribution is 0.0240. The van der Waals surface area contributed by atoms with Crippen molar-refractivity contribution >= 4 is 29.2 Å². The Hall–Kier alpha value is -1.56. The van der Waals surface area contributed by atoms with E-state index in [0.717, 1.165) is 29.4 Å². The Labute approximate surface area is 136 Å². The number of ether oxygens (including phenoxy) is 1. The first-order valence-corrected chi connectivity index (χ1v) is 8.69. The lowest BCUT2D eigenvalue weighted by Crippen LogP contribution is -2.50. The minimum Gasteiger partial charge on any atom is -0.444 e. The van der Waals surface area contributed by atoms with Crippen LogP contribution in [0, 0.1) is 0 Å². The van der Waals surface area contributed by atoms with Gasteiger partial charge in [-0.05, 0) is 45.2 Å². The highest BCUT2D eigenvalue weighted by Crippen LogP contribution is 2.28. The Morgan fingerprint density at radius 1 is 1.23 bits per heavy atom. The summed E-state index contributed by atoms with van der Waals surface area (Å²) in [6.45, 7) is 8.57. The number of anilines is 2. The van der Waals surface area contributed by atoms with Crippen molar-refractivity contribution in [2.45, 2.75) is 31.3 Å². The quantitative estimate of drug-likeness (QED) is 0.669. The van der Waals surface area contributed by atoms with Crippen molar-refractivity contribution in [3.05, 3.63) is 18.2 Å². The molecule has 1 aliphatic heterocycles. The molecular formula is C16H25N3O2S. The van der Waals surface area contributed by atoms with E-state index in [9.17, 15) is 4.79 Å². The molecule has 0 unspecified atom stereocenters. The fourth-order valence-electron chi connectivity index (χ4n) is 2.39. The van der Waals surface area contributed by atoms with Crippen LogP contribution in [0.5, 0.6) is 0 Å². The monoisotopic (exact) mass is 323 g/mol. The van der Waals surface area contributed by atoms with E-state index in [1.807, 2.05) is 33.1 Å². The van der Waals surface area contributed by atoms with Gasteiger partial charge in [-0.1, -0.05) is 0 Å². The third kappa shape index (κ3) is 4.22. The van der Waals surface area contributed by atoms with Crippen LogP contribution in [0.4, 0.5) is 16.2 Å². The molecule has 1 aromatic rings. The molecule has 1 amide bonds. The standard InChI is InChI=1S/C16H25N3O2S/c1-16(2,3)21-15(20)19-9-7-18(8-10-19)12-5-6-14(22-4)13(17)11-12/h5-6,11H,7-10,17H2,1-4H3. The normalized spacial score (nSPS) is 15.8. The van der Waals surface area contributed by atoms with Gasteiger partial charge < -0.3 is 20.3 Å². The first-order valence-electron chi connectivity index (χ1n) is 7.46. The molecule has 0 aliphatic carbocycles. The number of amides is 1. The minimum atomic E-state index is -0.448. The van der Waals surface area contributed by atoms with Gasteiger partial charge >= 0.3 is 6.09 Å². The summed E-state index contributed by atoms with van der Waals surface area (Å²) in [5.41, 5.74) is 7.52. The van der Waals surface area contributed by atoms with E-state index in [2.05, 4.69) is 17.0 Å². The molecule has 2 rings (SSSR count). The van der Waals surface area contributed by atoms with Crippen molar-refractivity contribution < 1.29 is 9.53 Å². The second kappa shape index (κ2) is 6.69. The number of nitrogens with two attached hydrogens (primary N) is 1. The molecule has 0 atom stereocenters. The number of rotatable bonds is 2. The molecule has 0 saturated carbocycles. The summed E-state index contributed by atoms with van der Waals surface area (Å²) in [6.07, 6.45) is 1.79. The van der Waals surface area contributed by atoms with Crippen LogP contribution in [0.2, 0.25) is 0 Å². The average molecular weight is 323 g/mol. The van der Waals surface area contributed by atoms with Crippen molar-refractivity contribution in [2.24, 2.45) is 0 Å². The van der Waals surface area contributed by atoms with Gasteiger partial charge in [-0.15, -0.1) is 11.8 Å². The Balaban J connectivity index is 1.94. The summed E-state index contributed by atoms with van der Waals surface area (Å²) in [4.78, 5) is 17.2. The Morgan fingerprint density at radius 3 is 2.36 bits per heavy atom. The van der Waals surface area contributed by atoms with E-state index in [-0.39, 0.29) is 6.09 Å². The molecule has 6 heteroatoms. The molecule has 122 valence electrons. The van der Waals surface area contributed by atoms with E-state index in [1.54, 1.807) is 16.7 Å². The van der Waals surface area contributed by atoms with Crippen LogP contribution in [0.1, 0.15) is 20.8 Å². The summed E-state index contributed by atoms with van der Waals surface area (Å²) in [6, 6.07) is 6.15. The summed E-state index contributed by atoms with van der Waals surface area (Å²) >= 11 is 1.65. The second-order valence-electron chi connectivity index (χ2n) is 6.38. The smallest absolute Gasteiger partial charge is 0.410 e. The molecule has 1 fully saturated rings. The van der Waals surface area contributed by atoms with Crippen molar-refractivity contribution in [1.29, 1.82) is 0 Å². The lowest BCUT2D eigenvalue weighted by Gasteiger charge is -2.36. The van der Waals surface area contributed by atoms with Gasteiger partial charge in [-0.25, -0.2) is 4.79 Å². The largest absolute Gasteiger partial charge is 0.444 e. The third-order valence-electron chi connectivity index (χ3n) is 3.51. The van der Waals surface area contributed by atoms with E-state index in [0.29, 0.717) is 13.1 Å². The Kier molecular flexibility index (Phi) is 5.11. The molecular weight excluding hydrogens is 298 g/mol. The van der Waals surface area contributed by atoms with E-state index in [4.69, 9.17) is 10.5 Å². The number of carbonyl (C=O) groups excluding carboxylic acids is 1. The number of thioether (sulfide) groups is 1. The molecule has 0 aromatic heterocycles. The maximum atomic E-state index is 12.1. The number of piperazine rings is 1. The van der Waals surface area contributed by atoms with Crippen LogP contribution in [-0.4, -0.2) is 49.0 Å². The van der Waals surface area contributed by atoms with Crippen LogP contribution < -0.4 is 10.6 Å². The van der Waals surface area contributed by atoms with Crippen molar-refractivity contribution in [3.8, 4) is 0 Å². The van der Waals surface area contributed by atoms with Gasteiger partial charge in [0.15, 0.2) is 0 Å². The fraction of sp³-hybridized carbons (Fsp3) is 0.562. The first-order chi connectivity index (χ1) is 10.3. The van der Waals surface area contributed by atoms with Crippen LogP contribution in [0.3, 0.4) is 0 Å². The molecule has 0 spiro atoms. The van der Waals surface area contributed by atoms with Gasteiger partial charge in [0.05, 0.1) is 0 Å². The number of carbonyl (C=O) groups is 1. The maximum Gasteiger partial charge on any atom is 0.410 e. The molecule has 0 radical (unpaired) electrons. The zero-order valence-electron chi connectivity index (χ0n) is 13.8. The average Bonchev–Trinajstić information content (AvgIpc) is 2.45.